The quantitative estimate of drug-likeness (QED) is 0.814. The third-order valence-corrected chi connectivity index (χ3v) is 4.59. The molecule has 0 saturated carbocycles. The fourth-order valence-corrected chi connectivity index (χ4v) is 3.29. The molecule has 2 rings (SSSR count). The summed E-state index contributed by atoms with van der Waals surface area (Å²) in [6, 6.07) is 4.16. The maximum Gasteiger partial charge on any atom is 0.417 e. The number of halogens is 4. The molecular weight excluding hydrogens is 341 g/mol. The molecule has 0 unspecified atom stereocenters. The summed E-state index contributed by atoms with van der Waals surface area (Å²) in [5, 5.41) is 3.07. The highest BCUT2D eigenvalue weighted by atomic mass is 35.5. The summed E-state index contributed by atoms with van der Waals surface area (Å²) in [6.45, 7) is 1.39. The molecular formula is C13H16ClF3N2O2S. The lowest BCUT2D eigenvalue weighted by molar-refractivity contribution is -0.139. The zero-order valence-corrected chi connectivity index (χ0v) is 13.1. The maximum atomic E-state index is 12.9. The van der Waals surface area contributed by atoms with E-state index in [9.17, 15) is 21.6 Å². The Morgan fingerprint density at radius 3 is 2.50 bits per heavy atom. The third kappa shape index (κ3) is 4.70. The van der Waals surface area contributed by atoms with Gasteiger partial charge in [-0.2, -0.15) is 13.2 Å². The lowest BCUT2D eigenvalue weighted by atomic mass is 10.1. The van der Waals surface area contributed by atoms with Gasteiger partial charge >= 0.3 is 6.18 Å². The van der Waals surface area contributed by atoms with E-state index in [2.05, 4.69) is 10.0 Å². The van der Waals surface area contributed by atoms with Crippen molar-refractivity contribution in [2.45, 2.75) is 17.5 Å². The molecule has 0 aliphatic carbocycles. The van der Waals surface area contributed by atoms with Crippen molar-refractivity contribution in [1.29, 1.82) is 0 Å². The van der Waals surface area contributed by atoms with Crippen molar-refractivity contribution in [1.82, 2.24) is 10.0 Å². The number of rotatable bonds is 4. The van der Waals surface area contributed by atoms with E-state index >= 15 is 0 Å². The van der Waals surface area contributed by atoms with Crippen molar-refractivity contribution in [2.24, 2.45) is 0 Å². The molecule has 0 atom stereocenters. The van der Waals surface area contributed by atoms with E-state index in [1.807, 2.05) is 6.08 Å². The number of alkyl halides is 3. The maximum absolute atomic E-state index is 12.9. The lowest BCUT2D eigenvalue weighted by Gasteiger charge is -2.16. The van der Waals surface area contributed by atoms with Crippen LogP contribution in [0.2, 0.25) is 0 Å². The minimum Gasteiger partial charge on any atom is -0.313 e. The molecule has 22 heavy (non-hydrogen) atoms. The van der Waals surface area contributed by atoms with Gasteiger partial charge in [0.1, 0.15) is 0 Å². The SMILES string of the molecule is Cl.O=S(=O)(NCC1=CCNCC1)c1ccccc1C(F)(F)F. The van der Waals surface area contributed by atoms with E-state index in [-0.39, 0.29) is 19.0 Å². The third-order valence-electron chi connectivity index (χ3n) is 3.13. The summed E-state index contributed by atoms with van der Waals surface area (Å²) in [5.74, 6) is 0. The van der Waals surface area contributed by atoms with Crippen LogP contribution in [-0.4, -0.2) is 28.1 Å². The van der Waals surface area contributed by atoms with Crippen molar-refractivity contribution in [3.05, 3.63) is 41.5 Å². The van der Waals surface area contributed by atoms with Crippen molar-refractivity contribution in [2.75, 3.05) is 19.6 Å². The number of hydrogen-bond donors (Lipinski definition) is 2. The first-order valence-electron chi connectivity index (χ1n) is 6.35. The highest BCUT2D eigenvalue weighted by Crippen LogP contribution is 2.33. The molecule has 0 spiro atoms. The zero-order chi connectivity index (χ0) is 15.5. The van der Waals surface area contributed by atoms with Crippen LogP contribution in [-0.2, 0) is 16.2 Å². The highest BCUT2D eigenvalue weighted by Gasteiger charge is 2.36. The van der Waals surface area contributed by atoms with Gasteiger partial charge in [0, 0.05) is 13.1 Å². The highest BCUT2D eigenvalue weighted by molar-refractivity contribution is 7.89. The molecule has 0 saturated heterocycles. The molecule has 1 aliphatic rings. The Hall–Kier alpha value is -1.09. The van der Waals surface area contributed by atoms with Gasteiger partial charge in [-0.1, -0.05) is 23.8 Å². The average molecular weight is 357 g/mol. The van der Waals surface area contributed by atoms with Crippen molar-refractivity contribution in [3.63, 3.8) is 0 Å². The van der Waals surface area contributed by atoms with Crippen LogP contribution < -0.4 is 10.0 Å². The standard InChI is InChI=1S/C13H15F3N2O2S.ClH/c14-13(15,16)11-3-1-2-4-12(11)21(19,20)18-9-10-5-7-17-8-6-10;/h1-5,17-18H,6-9H2;1H. The van der Waals surface area contributed by atoms with E-state index in [1.54, 1.807) is 0 Å². The first kappa shape index (κ1) is 19.0. The molecule has 0 fully saturated rings. The first-order chi connectivity index (χ1) is 9.81. The summed E-state index contributed by atoms with van der Waals surface area (Å²) in [4.78, 5) is -0.743. The van der Waals surface area contributed by atoms with Crippen LogP contribution in [0.1, 0.15) is 12.0 Å². The first-order valence-corrected chi connectivity index (χ1v) is 7.83. The Kier molecular flexibility index (Phi) is 6.42. The van der Waals surface area contributed by atoms with Gasteiger partial charge in [0.25, 0.3) is 0 Å². The average Bonchev–Trinajstić information content (AvgIpc) is 2.45. The van der Waals surface area contributed by atoms with E-state index in [1.165, 1.54) is 6.07 Å². The second-order valence-corrected chi connectivity index (χ2v) is 6.37. The number of benzene rings is 1. The number of sulfonamides is 1. The Bertz CT molecular complexity index is 645. The summed E-state index contributed by atoms with van der Waals surface area (Å²) in [5.41, 5.74) is -0.293. The van der Waals surface area contributed by atoms with Crippen LogP contribution in [0.15, 0.2) is 40.8 Å². The molecule has 2 N–H and O–H groups in total. The molecule has 1 aromatic rings. The topological polar surface area (TPSA) is 58.2 Å². The fourth-order valence-electron chi connectivity index (χ4n) is 2.03. The number of hydrogen-bond acceptors (Lipinski definition) is 3. The molecule has 124 valence electrons. The molecule has 4 nitrogen and oxygen atoms in total. The van der Waals surface area contributed by atoms with Crippen LogP contribution in [0.25, 0.3) is 0 Å². The molecule has 0 aromatic heterocycles. The van der Waals surface area contributed by atoms with Gasteiger partial charge in [-0.3, -0.25) is 0 Å². The van der Waals surface area contributed by atoms with Crippen LogP contribution >= 0.6 is 12.4 Å². The predicted molar refractivity (Wildman–Crippen MR) is 79.5 cm³/mol. The largest absolute Gasteiger partial charge is 0.417 e. The Balaban J connectivity index is 0.00000242. The zero-order valence-electron chi connectivity index (χ0n) is 11.5. The second kappa shape index (κ2) is 7.45. The Morgan fingerprint density at radius 1 is 1.23 bits per heavy atom. The molecule has 0 bridgehead atoms. The predicted octanol–water partition coefficient (Wildman–Crippen LogP) is 2.33. The van der Waals surface area contributed by atoms with Gasteiger partial charge in [-0.15, -0.1) is 12.4 Å². The summed E-state index contributed by atoms with van der Waals surface area (Å²) in [6.07, 6.45) is -2.20. The van der Waals surface area contributed by atoms with Gasteiger partial charge in [-0.05, 0) is 25.1 Å². The Labute approximate surface area is 133 Å². The molecule has 1 aromatic carbocycles. The van der Waals surface area contributed by atoms with Gasteiger partial charge in [0.15, 0.2) is 0 Å². The van der Waals surface area contributed by atoms with Gasteiger partial charge in [0.2, 0.25) is 10.0 Å². The molecule has 1 aliphatic heterocycles. The molecule has 0 amide bonds. The molecule has 1 heterocycles. The van der Waals surface area contributed by atoms with Crippen molar-refractivity contribution < 1.29 is 21.6 Å². The lowest BCUT2D eigenvalue weighted by Crippen LogP contribution is -2.30. The van der Waals surface area contributed by atoms with Gasteiger partial charge in [0.05, 0.1) is 10.5 Å². The summed E-state index contributed by atoms with van der Waals surface area (Å²) in [7, 11) is -4.20. The Morgan fingerprint density at radius 2 is 1.91 bits per heavy atom. The fraction of sp³-hybridized carbons (Fsp3) is 0.385. The van der Waals surface area contributed by atoms with Crippen LogP contribution in [0.5, 0.6) is 0 Å². The number of nitrogens with one attached hydrogen (secondary N) is 2. The minimum absolute atomic E-state index is 0. The van der Waals surface area contributed by atoms with E-state index < -0.39 is 26.7 Å². The smallest absolute Gasteiger partial charge is 0.313 e. The van der Waals surface area contributed by atoms with Crippen molar-refractivity contribution >= 4 is 22.4 Å². The van der Waals surface area contributed by atoms with E-state index in [4.69, 9.17) is 0 Å². The van der Waals surface area contributed by atoms with Crippen molar-refractivity contribution in [3.8, 4) is 0 Å². The molecule has 9 heteroatoms. The van der Waals surface area contributed by atoms with Crippen LogP contribution in [0.4, 0.5) is 13.2 Å². The van der Waals surface area contributed by atoms with E-state index in [0.717, 1.165) is 30.3 Å². The van der Waals surface area contributed by atoms with Gasteiger partial charge in [-0.25, -0.2) is 13.1 Å². The van der Waals surface area contributed by atoms with E-state index in [0.29, 0.717) is 13.0 Å². The van der Waals surface area contributed by atoms with Crippen LogP contribution in [0.3, 0.4) is 0 Å². The summed E-state index contributed by atoms with van der Waals surface area (Å²) >= 11 is 0. The monoisotopic (exact) mass is 356 g/mol. The normalized spacial score (nSPS) is 15.9. The second-order valence-electron chi connectivity index (χ2n) is 4.63. The summed E-state index contributed by atoms with van der Waals surface area (Å²) < 4.78 is 65.0. The van der Waals surface area contributed by atoms with Crippen LogP contribution in [0, 0.1) is 0 Å². The minimum atomic E-state index is -4.71. The molecule has 0 radical (unpaired) electrons. The van der Waals surface area contributed by atoms with Gasteiger partial charge < -0.3 is 5.32 Å².